The van der Waals surface area contributed by atoms with Crippen LogP contribution in [0.4, 0.5) is 0 Å². The Labute approximate surface area is 42.6 Å². The molecule has 0 spiro atoms. The first-order valence-electron chi connectivity index (χ1n) is 1.63. The summed E-state index contributed by atoms with van der Waals surface area (Å²) in [6, 6.07) is 0. The SMILES string of the molecule is C#CC(C#C)ON. The lowest BCUT2D eigenvalue weighted by Crippen LogP contribution is -2.11. The van der Waals surface area contributed by atoms with Crippen molar-refractivity contribution in [2.45, 2.75) is 6.10 Å². The standard InChI is InChI=1S/C5H5NO/c1-3-5(4-2)7-6/h1-2,5H,6H2. The summed E-state index contributed by atoms with van der Waals surface area (Å²) in [6.07, 6.45) is 8.91. The van der Waals surface area contributed by atoms with Gasteiger partial charge in [0.15, 0.2) is 6.10 Å². The molecule has 36 valence electrons. The highest BCUT2D eigenvalue weighted by atomic mass is 16.6. The molecule has 0 rings (SSSR count). The molecular weight excluding hydrogens is 90.1 g/mol. The smallest absolute Gasteiger partial charge is 0.199 e. The van der Waals surface area contributed by atoms with Crippen LogP contribution in [0.25, 0.3) is 0 Å². The molecule has 0 unspecified atom stereocenters. The normalized spacial score (nSPS) is 7.43. The molecule has 0 fully saturated rings. The van der Waals surface area contributed by atoms with E-state index in [0.717, 1.165) is 0 Å². The fourth-order valence-corrected chi connectivity index (χ4v) is 0.127. The average Bonchev–Trinajstić information content (AvgIpc) is 1.72. The molecule has 0 bridgehead atoms. The van der Waals surface area contributed by atoms with Gasteiger partial charge >= 0.3 is 0 Å². The predicted molar refractivity (Wildman–Crippen MR) is 26.7 cm³/mol. The van der Waals surface area contributed by atoms with E-state index in [0.29, 0.717) is 0 Å². The Morgan fingerprint density at radius 1 is 1.43 bits per heavy atom. The number of hydrogen-bond donors (Lipinski definition) is 1. The van der Waals surface area contributed by atoms with Crippen LogP contribution in [0.3, 0.4) is 0 Å². The Bertz CT molecular complexity index is 103. The van der Waals surface area contributed by atoms with Gasteiger partial charge in [-0.25, -0.2) is 5.90 Å². The van der Waals surface area contributed by atoms with E-state index >= 15 is 0 Å². The lowest BCUT2D eigenvalue weighted by atomic mass is 10.4. The second kappa shape index (κ2) is 3.24. The summed E-state index contributed by atoms with van der Waals surface area (Å²) in [5.74, 6) is 8.84. The summed E-state index contributed by atoms with van der Waals surface area (Å²) in [4.78, 5) is 4.08. The van der Waals surface area contributed by atoms with Gasteiger partial charge < -0.3 is 0 Å². The quantitative estimate of drug-likeness (QED) is 0.352. The van der Waals surface area contributed by atoms with Crippen molar-refractivity contribution in [1.29, 1.82) is 0 Å². The van der Waals surface area contributed by atoms with Crippen molar-refractivity contribution in [3.63, 3.8) is 0 Å². The van der Waals surface area contributed by atoms with Crippen LogP contribution in [0.2, 0.25) is 0 Å². The fraction of sp³-hybridized carbons (Fsp3) is 0.200. The van der Waals surface area contributed by atoms with Crippen molar-refractivity contribution in [2.24, 2.45) is 5.90 Å². The molecule has 0 aromatic rings. The largest absolute Gasteiger partial charge is 0.275 e. The van der Waals surface area contributed by atoms with Crippen molar-refractivity contribution in [3.8, 4) is 24.7 Å². The van der Waals surface area contributed by atoms with Gasteiger partial charge in [-0.1, -0.05) is 11.8 Å². The third-order valence-electron chi connectivity index (χ3n) is 0.439. The molecule has 2 N–H and O–H groups in total. The Morgan fingerprint density at radius 3 is 1.86 bits per heavy atom. The van der Waals surface area contributed by atoms with Crippen LogP contribution in [0.15, 0.2) is 0 Å². The van der Waals surface area contributed by atoms with Crippen molar-refractivity contribution in [2.75, 3.05) is 0 Å². The third-order valence-corrected chi connectivity index (χ3v) is 0.439. The topological polar surface area (TPSA) is 35.2 Å². The van der Waals surface area contributed by atoms with Gasteiger partial charge in [0.25, 0.3) is 0 Å². The van der Waals surface area contributed by atoms with Crippen molar-refractivity contribution in [1.82, 2.24) is 0 Å². The molecule has 0 aliphatic rings. The average molecular weight is 95.1 g/mol. The first-order valence-corrected chi connectivity index (χ1v) is 1.63. The van der Waals surface area contributed by atoms with Crippen molar-refractivity contribution in [3.05, 3.63) is 0 Å². The highest BCUT2D eigenvalue weighted by molar-refractivity contribution is 5.11. The Kier molecular flexibility index (Phi) is 2.79. The number of hydrogen-bond acceptors (Lipinski definition) is 2. The molecule has 0 aliphatic heterocycles. The molecule has 0 aliphatic carbocycles. The summed E-state index contributed by atoms with van der Waals surface area (Å²) in [6.45, 7) is 0. The van der Waals surface area contributed by atoms with Gasteiger partial charge in [0.1, 0.15) is 0 Å². The van der Waals surface area contributed by atoms with E-state index in [9.17, 15) is 0 Å². The molecule has 0 aromatic heterocycles. The van der Waals surface area contributed by atoms with Gasteiger partial charge in [0.2, 0.25) is 0 Å². The maximum Gasteiger partial charge on any atom is 0.199 e. The van der Waals surface area contributed by atoms with Crippen LogP contribution in [-0.2, 0) is 4.84 Å². The minimum Gasteiger partial charge on any atom is -0.275 e. The van der Waals surface area contributed by atoms with E-state index < -0.39 is 6.10 Å². The van der Waals surface area contributed by atoms with Gasteiger partial charge in [0.05, 0.1) is 0 Å². The first kappa shape index (κ1) is 6.04. The highest BCUT2D eigenvalue weighted by Crippen LogP contribution is 1.76. The molecule has 0 aromatic carbocycles. The summed E-state index contributed by atoms with van der Waals surface area (Å²) in [7, 11) is 0. The van der Waals surface area contributed by atoms with Gasteiger partial charge in [-0.05, 0) is 0 Å². The lowest BCUT2D eigenvalue weighted by Gasteiger charge is -1.93. The van der Waals surface area contributed by atoms with Gasteiger partial charge in [-0.2, -0.15) is 0 Å². The van der Waals surface area contributed by atoms with Gasteiger partial charge in [0, 0.05) is 0 Å². The molecule has 0 saturated carbocycles. The van der Waals surface area contributed by atoms with Gasteiger partial charge in [-0.3, -0.25) is 4.84 Å². The van der Waals surface area contributed by atoms with E-state index in [2.05, 4.69) is 22.6 Å². The van der Waals surface area contributed by atoms with Crippen molar-refractivity contribution < 1.29 is 4.84 Å². The van der Waals surface area contributed by atoms with E-state index in [4.69, 9.17) is 12.8 Å². The molecule has 2 heteroatoms. The number of terminal acetylenes is 2. The van der Waals surface area contributed by atoms with E-state index in [1.54, 1.807) is 0 Å². The van der Waals surface area contributed by atoms with Crippen LogP contribution >= 0.6 is 0 Å². The molecule has 2 nitrogen and oxygen atoms in total. The lowest BCUT2D eigenvalue weighted by molar-refractivity contribution is 0.130. The zero-order valence-corrected chi connectivity index (χ0v) is 3.72. The van der Waals surface area contributed by atoms with E-state index in [1.165, 1.54) is 0 Å². The third kappa shape index (κ3) is 1.83. The van der Waals surface area contributed by atoms with E-state index in [1.807, 2.05) is 0 Å². The molecule has 0 radical (unpaired) electrons. The van der Waals surface area contributed by atoms with Crippen molar-refractivity contribution >= 4 is 0 Å². The second-order valence-electron chi connectivity index (χ2n) is 0.849. The highest BCUT2D eigenvalue weighted by Gasteiger charge is 1.90. The monoisotopic (exact) mass is 95.0 g/mol. The Balaban J connectivity index is 3.50. The zero-order valence-electron chi connectivity index (χ0n) is 3.72. The van der Waals surface area contributed by atoms with Crippen LogP contribution < -0.4 is 5.90 Å². The van der Waals surface area contributed by atoms with Crippen LogP contribution in [0.5, 0.6) is 0 Å². The first-order chi connectivity index (χ1) is 3.35. The molecule has 0 atom stereocenters. The molecule has 0 amide bonds. The Hall–Kier alpha value is -0.960. The van der Waals surface area contributed by atoms with Crippen LogP contribution in [-0.4, -0.2) is 6.10 Å². The summed E-state index contributed by atoms with van der Waals surface area (Å²) in [5.41, 5.74) is 0. The van der Waals surface area contributed by atoms with Crippen LogP contribution in [0, 0.1) is 24.7 Å². The number of nitrogens with two attached hydrogens (primary N) is 1. The predicted octanol–water partition coefficient (Wildman–Crippen LogP) is -0.488. The van der Waals surface area contributed by atoms with Gasteiger partial charge in [-0.15, -0.1) is 12.8 Å². The molecular formula is C5H5NO. The minimum absolute atomic E-state index is 0.681. The maximum absolute atomic E-state index is 4.80. The fourth-order valence-electron chi connectivity index (χ4n) is 0.127. The minimum atomic E-state index is -0.681. The maximum atomic E-state index is 4.80. The molecule has 7 heavy (non-hydrogen) atoms. The molecule has 0 heterocycles. The summed E-state index contributed by atoms with van der Waals surface area (Å²) < 4.78 is 0. The van der Waals surface area contributed by atoms with Crippen LogP contribution in [0.1, 0.15) is 0 Å². The zero-order chi connectivity index (χ0) is 5.70. The number of rotatable bonds is 1. The summed E-state index contributed by atoms with van der Waals surface area (Å²) in [5, 5.41) is 0. The van der Waals surface area contributed by atoms with E-state index in [-0.39, 0.29) is 0 Å². The second-order valence-corrected chi connectivity index (χ2v) is 0.849. The molecule has 0 saturated heterocycles. The Morgan fingerprint density at radius 2 is 1.86 bits per heavy atom. The summed E-state index contributed by atoms with van der Waals surface area (Å²) >= 11 is 0.